The highest BCUT2D eigenvalue weighted by molar-refractivity contribution is 4.92. The van der Waals surface area contributed by atoms with E-state index >= 15 is 0 Å². The van der Waals surface area contributed by atoms with Crippen molar-refractivity contribution in [3.8, 4) is 0 Å². The summed E-state index contributed by atoms with van der Waals surface area (Å²) in [7, 11) is 0. The second-order valence-corrected chi connectivity index (χ2v) is 6.96. The van der Waals surface area contributed by atoms with Gasteiger partial charge in [-0.1, -0.05) is 0 Å². The van der Waals surface area contributed by atoms with Gasteiger partial charge in [-0.05, 0) is 59.3 Å². The highest BCUT2D eigenvalue weighted by Gasteiger charge is 2.31. The fourth-order valence-corrected chi connectivity index (χ4v) is 3.11. The molecule has 0 amide bonds. The molecule has 0 aromatic rings. The van der Waals surface area contributed by atoms with E-state index in [1.54, 1.807) is 0 Å². The summed E-state index contributed by atoms with van der Waals surface area (Å²) >= 11 is 0. The van der Waals surface area contributed by atoms with Gasteiger partial charge in [-0.15, -0.1) is 0 Å². The first-order valence-electron chi connectivity index (χ1n) is 8.16. The van der Waals surface area contributed by atoms with Gasteiger partial charge in [0.25, 0.3) is 0 Å². The summed E-state index contributed by atoms with van der Waals surface area (Å²) in [5, 5.41) is 13.1. The number of rotatable bonds is 8. The molecule has 1 saturated heterocycles. The van der Waals surface area contributed by atoms with Crippen LogP contribution in [0.15, 0.2) is 0 Å². The van der Waals surface area contributed by atoms with Crippen LogP contribution in [0.5, 0.6) is 0 Å². The van der Waals surface area contributed by atoms with E-state index < -0.39 is 0 Å². The van der Waals surface area contributed by atoms with Gasteiger partial charge in [0.2, 0.25) is 0 Å². The third-order valence-electron chi connectivity index (χ3n) is 4.36. The molecule has 1 aliphatic carbocycles. The highest BCUT2D eigenvalue weighted by Crippen LogP contribution is 2.25. The monoisotopic (exact) mass is 285 g/mol. The Kier molecular flexibility index (Phi) is 5.84. The third kappa shape index (κ3) is 5.32. The number of aliphatic hydroxyl groups is 1. The van der Waals surface area contributed by atoms with Crippen molar-refractivity contribution < 1.29 is 14.6 Å². The van der Waals surface area contributed by atoms with Crippen LogP contribution in [0, 0.1) is 0 Å². The SMILES string of the molecule is CC1CC(OCCCC(C)(CO)NC2CC2)CC(C)O1. The molecule has 3 unspecified atom stereocenters. The molecule has 0 spiro atoms. The van der Waals surface area contributed by atoms with Gasteiger partial charge in [0.1, 0.15) is 0 Å². The zero-order valence-electron chi connectivity index (χ0n) is 13.2. The maximum atomic E-state index is 9.56. The lowest BCUT2D eigenvalue weighted by atomic mass is 9.96. The summed E-state index contributed by atoms with van der Waals surface area (Å²) in [5.74, 6) is 0. The summed E-state index contributed by atoms with van der Waals surface area (Å²) in [6.07, 6.45) is 7.43. The van der Waals surface area contributed by atoms with Gasteiger partial charge in [-0.2, -0.15) is 0 Å². The zero-order chi connectivity index (χ0) is 14.6. The van der Waals surface area contributed by atoms with Gasteiger partial charge >= 0.3 is 0 Å². The number of aliphatic hydroxyl groups excluding tert-OH is 1. The molecule has 1 aliphatic heterocycles. The van der Waals surface area contributed by atoms with E-state index in [1.165, 1.54) is 12.8 Å². The fraction of sp³-hybridized carbons (Fsp3) is 1.00. The van der Waals surface area contributed by atoms with Crippen LogP contribution in [-0.2, 0) is 9.47 Å². The maximum Gasteiger partial charge on any atom is 0.0624 e. The Morgan fingerprint density at radius 2 is 1.90 bits per heavy atom. The molecule has 1 heterocycles. The smallest absolute Gasteiger partial charge is 0.0624 e. The molecule has 3 atom stereocenters. The molecular formula is C16H31NO3. The van der Waals surface area contributed by atoms with Gasteiger partial charge in [0.05, 0.1) is 24.9 Å². The van der Waals surface area contributed by atoms with Gasteiger partial charge in [0, 0.05) is 18.2 Å². The Morgan fingerprint density at radius 3 is 2.45 bits per heavy atom. The Balaban J connectivity index is 1.62. The molecular weight excluding hydrogens is 254 g/mol. The molecule has 0 aromatic carbocycles. The summed E-state index contributed by atoms with van der Waals surface area (Å²) in [4.78, 5) is 0. The van der Waals surface area contributed by atoms with Gasteiger partial charge < -0.3 is 19.9 Å². The zero-order valence-corrected chi connectivity index (χ0v) is 13.2. The van der Waals surface area contributed by atoms with E-state index in [2.05, 4.69) is 26.1 Å². The first kappa shape index (κ1) is 16.2. The molecule has 0 aromatic heterocycles. The molecule has 2 rings (SSSR count). The van der Waals surface area contributed by atoms with Crippen molar-refractivity contribution in [2.75, 3.05) is 13.2 Å². The Morgan fingerprint density at radius 1 is 1.25 bits per heavy atom. The second kappa shape index (κ2) is 7.21. The molecule has 4 nitrogen and oxygen atoms in total. The highest BCUT2D eigenvalue weighted by atomic mass is 16.5. The van der Waals surface area contributed by atoms with Crippen molar-refractivity contribution in [2.24, 2.45) is 0 Å². The quantitative estimate of drug-likeness (QED) is 0.672. The second-order valence-electron chi connectivity index (χ2n) is 6.96. The van der Waals surface area contributed by atoms with Crippen molar-refractivity contribution in [3.63, 3.8) is 0 Å². The molecule has 0 radical (unpaired) electrons. The minimum atomic E-state index is -0.138. The fourth-order valence-electron chi connectivity index (χ4n) is 3.11. The van der Waals surface area contributed by atoms with Crippen LogP contribution in [0.1, 0.15) is 59.3 Å². The minimum Gasteiger partial charge on any atom is -0.394 e. The summed E-state index contributed by atoms with van der Waals surface area (Å²) in [6.45, 7) is 7.34. The van der Waals surface area contributed by atoms with E-state index in [4.69, 9.17) is 9.47 Å². The summed E-state index contributed by atoms with van der Waals surface area (Å²) < 4.78 is 11.7. The minimum absolute atomic E-state index is 0.138. The summed E-state index contributed by atoms with van der Waals surface area (Å²) in [5.41, 5.74) is -0.138. The van der Waals surface area contributed by atoms with Crippen LogP contribution in [0.4, 0.5) is 0 Å². The molecule has 2 aliphatic rings. The molecule has 2 N–H and O–H groups in total. The topological polar surface area (TPSA) is 50.7 Å². The summed E-state index contributed by atoms with van der Waals surface area (Å²) in [6, 6.07) is 0.630. The average molecular weight is 285 g/mol. The van der Waals surface area contributed by atoms with E-state index in [1.807, 2.05) is 0 Å². The lowest BCUT2D eigenvalue weighted by Gasteiger charge is -2.33. The van der Waals surface area contributed by atoms with Crippen molar-refractivity contribution in [1.82, 2.24) is 5.32 Å². The lowest BCUT2D eigenvalue weighted by molar-refractivity contribution is -0.102. The van der Waals surface area contributed by atoms with E-state index in [0.29, 0.717) is 24.4 Å². The van der Waals surface area contributed by atoms with Gasteiger partial charge in [0.15, 0.2) is 0 Å². The predicted molar refractivity (Wildman–Crippen MR) is 79.9 cm³/mol. The van der Waals surface area contributed by atoms with Crippen LogP contribution < -0.4 is 5.32 Å². The van der Waals surface area contributed by atoms with Crippen molar-refractivity contribution in [3.05, 3.63) is 0 Å². The van der Waals surface area contributed by atoms with E-state index in [9.17, 15) is 5.11 Å². The first-order valence-corrected chi connectivity index (χ1v) is 8.16. The Hall–Kier alpha value is -0.160. The Bertz CT molecular complexity index is 285. The maximum absolute atomic E-state index is 9.56. The van der Waals surface area contributed by atoms with Crippen LogP contribution in [-0.4, -0.2) is 48.2 Å². The first-order chi connectivity index (χ1) is 9.50. The van der Waals surface area contributed by atoms with Crippen molar-refractivity contribution in [2.45, 2.75) is 89.2 Å². The standard InChI is InChI=1S/C16H31NO3/c1-12-9-15(10-13(2)20-12)19-8-4-7-16(3,11-18)17-14-5-6-14/h12-15,17-18H,4-11H2,1-3H3. The molecule has 1 saturated carbocycles. The van der Waals surface area contributed by atoms with Crippen LogP contribution in [0.25, 0.3) is 0 Å². The lowest BCUT2D eigenvalue weighted by Crippen LogP contribution is -2.47. The van der Waals surface area contributed by atoms with Gasteiger partial charge in [-0.25, -0.2) is 0 Å². The van der Waals surface area contributed by atoms with Crippen molar-refractivity contribution in [1.29, 1.82) is 0 Å². The predicted octanol–water partition coefficient (Wildman–Crippen LogP) is 2.24. The molecule has 20 heavy (non-hydrogen) atoms. The van der Waals surface area contributed by atoms with E-state index in [-0.39, 0.29) is 12.1 Å². The molecule has 4 heteroatoms. The van der Waals surface area contributed by atoms with Crippen molar-refractivity contribution >= 4 is 0 Å². The average Bonchev–Trinajstić information content (AvgIpc) is 3.17. The molecule has 0 bridgehead atoms. The van der Waals surface area contributed by atoms with Gasteiger partial charge in [-0.3, -0.25) is 0 Å². The van der Waals surface area contributed by atoms with Crippen LogP contribution in [0.3, 0.4) is 0 Å². The third-order valence-corrected chi connectivity index (χ3v) is 4.36. The molecule has 2 fully saturated rings. The van der Waals surface area contributed by atoms with Crippen LogP contribution in [0.2, 0.25) is 0 Å². The number of ether oxygens (including phenoxy) is 2. The normalized spacial score (nSPS) is 33.9. The number of nitrogens with one attached hydrogen (secondary N) is 1. The number of hydrogen-bond acceptors (Lipinski definition) is 4. The number of hydrogen-bond donors (Lipinski definition) is 2. The largest absolute Gasteiger partial charge is 0.394 e. The van der Waals surface area contributed by atoms with E-state index in [0.717, 1.165) is 32.3 Å². The Labute approximate surface area is 123 Å². The molecule has 118 valence electrons. The van der Waals surface area contributed by atoms with Crippen LogP contribution >= 0.6 is 0 Å².